The molecule has 0 aliphatic carbocycles. The summed E-state index contributed by atoms with van der Waals surface area (Å²) in [6.07, 6.45) is 4.06. The van der Waals surface area contributed by atoms with Crippen LogP contribution in [0.5, 0.6) is 5.75 Å². The zero-order valence-corrected chi connectivity index (χ0v) is 15.6. The van der Waals surface area contributed by atoms with Crippen molar-refractivity contribution in [2.45, 2.75) is 0 Å². The number of hydrogen-bond acceptors (Lipinski definition) is 4. The van der Waals surface area contributed by atoms with Gasteiger partial charge in [0.15, 0.2) is 5.13 Å². The van der Waals surface area contributed by atoms with Gasteiger partial charge in [-0.05, 0) is 42.5 Å². The molecule has 130 valence electrons. The molecular formula is C20H16ClN3OS. The van der Waals surface area contributed by atoms with E-state index >= 15 is 0 Å². The molecule has 2 aromatic heterocycles. The summed E-state index contributed by atoms with van der Waals surface area (Å²) in [5.41, 5.74) is 4.02. The molecule has 2 aromatic carbocycles. The molecule has 26 heavy (non-hydrogen) atoms. The Hall–Kier alpha value is -2.76. The summed E-state index contributed by atoms with van der Waals surface area (Å²) in [4.78, 5) is 4.67. The molecule has 0 radical (unpaired) electrons. The summed E-state index contributed by atoms with van der Waals surface area (Å²) in [5.74, 6) is 0.653. The Morgan fingerprint density at radius 1 is 1.08 bits per heavy atom. The Labute approximate surface area is 160 Å². The van der Waals surface area contributed by atoms with E-state index in [1.54, 1.807) is 18.4 Å². The van der Waals surface area contributed by atoms with Crippen molar-refractivity contribution in [1.82, 2.24) is 9.55 Å². The van der Waals surface area contributed by atoms with Gasteiger partial charge in [0.2, 0.25) is 0 Å². The van der Waals surface area contributed by atoms with Gasteiger partial charge in [-0.15, -0.1) is 11.3 Å². The Kier molecular flexibility index (Phi) is 4.65. The van der Waals surface area contributed by atoms with Crippen LogP contribution in [0.1, 0.15) is 0 Å². The number of rotatable bonds is 5. The average molecular weight is 382 g/mol. The number of nitrogens with zero attached hydrogens (tertiary/aromatic N) is 2. The zero-order chi connectivity index (χ0) is 17.9. The van der Waals surface area contributed by atoms with Crippen molar-refractivity contribution < 1.29 is 4.74 Å². The highest BCUT2D eigenvalue weighted by molar-refractivity contribution is 7.14. The van der Waals surface area contributed by atoms with E-state index in [1.165, 1.54) is 0 Å². The highest BCUT2D eigenvalue weighted by Gasteiger charge is 2.07. The summed E-state index contributed by atoms with van der Waals surface area (Å²) in [6, 6.07) is 17.9. The van der Waals surface area contributed by atoms with Gasteiger partial charge in [0.05, 0.1) is 17.8 Å². The summed E-state index contributed by atoms with van der Waals surface area (Å²) in [6.45, 7) is 0. The minimum absolute atomic E-state index is 0.565. The second kappa shape index (κ2) is 7.23. The number of nitrogens with one attached hydrogen (secondary N) is 1. The van der Waals surface area contributed by atoms with Gasteiger partial charge in [-0.25, -0.2) is 4.98 Å². The van der Waals surface area contributed by atoms with Crippen molar-refractivity contribution in [3.05, 3.63) is 77.4 Å². The van der Waals surface area contributed by atoms with Crippen LogP contribution >= 0.6 is 22.9 Å². The van der Waals surface area contributed by atoms with Crippen molar-refractivity contribution in [3.8, 4) is 22.7 Å². The van der Waals surface area contributed by atoms with E-state index in [-0.39, 0.29) is 0 Å². The van der Waals surface area contributed by atoms with Crippen molar-refractivity contribution in [1.29, 1.82) is 0 Å². The van der Waals surface area contributed by atoms with E-state index in [0.29, 0.717) is 10.8 Å². The van der Waals surface area contributed by atoms with E-state index < -0.39 is 0 Å². The fourth-order valence-corrected chi connectivity index (χ4v) is 3.64. The fourth-order valence-electron chi connectivity index (χ4n) is 2.64. The van der Waals surface area contributed by atoms with Crippen LogP contribution in [-0.4, -0.2) is 16.7 Å². The molecule has 0 saturated heterocycles. The topological polar surface area (TPSA) is 39.1 Å². The van der Waals surface area contributed by atoms with E-state index in [9.17, 15) is 0 Å². The van der Waals surface area contributed by atoms with E-state index in [0.717, 1.165) is 27.8 Å². The Bertz CT molecular complexity index is 1010. The minimum atomic E-state index is 0.565. The lowest BCUT2D eigenvalue weighted by Crippen LogP contribution is -1.91. The highest BCUT2D eigenvalue weighted by atomic mass is 35.5. The number of anilines is 2. The molecule has 6 heteroatoms. The molecule has 0 unspecified atom stereocenters. The predicted octanol–water partition coefficient (Wildman–Crippen LogP) is 6.01. The smallest absolute Gasteiger partial charge is 0.187 e. The first kappa shape index (κ1) is 16.7. The maximum Gasteiger partial charge on any atom is 0.187 e. The van der Waals surface area contributed by atoms with Gasteiger partial charge >= 0.3 is 0 Å². The molecule has 0 fully saturated rings. The van der Waals surface area contributed by atoms with Gasteiger partial charge in [-0.3, -0.25) is 0 Å². The second-order valence-corrected chi connectivity index (χ2v) is 6.91. The van der Waals surface area contributed by atoms with Gasteiger partial charge in [0.25, 0.3) is 0 Å². The molecule has 4 nitrogen and oxygen atoms in total. The first-order valence-electron chi connectivity index (χ1n) is 8.03. The molecule has 2 heterocycles. The molecule has 0 aliphatic rings. The zero-order valence-electron chi connectivity index (χ0n) is 14.0. The quantitative estimate of drug-likeness (QED) is 0.460. The molecule has 0 spiro atoms. The number of ether oxygens (including phenoxy) is 1. The van der Waals surface area contributed by atoms with Crippen molar-refractivity contribution in [3.63, 3.8) is 0 Å². The maximum absolute atomic E-state index is 6.17. The lowest BCUT2D eigenvalue weighted by molar-refractivity contribution is 0.415. The first-order chi connectivity index (χ1) is 12.7. The monoisotopic (exact) mass is 381 g/mol. The van der Waals surface area contributed by atoms with Crippen LogP contribution in [0.15, 0.2) is 72.4 Å². The van der Waals surface area contributed by atoms with E-state index in [4.69, 9.17) is 16.3 Å². The molecule has 0 saturated carbocycles. The first-order valence-corrected chi connectivity index (χ1v) is 9.28. The normalized spacial score (nSPS) is 10.7. The van der Waals surface area contributed by atoms with Gasteiger partial charge in [0.1, 0.15) is 5.75 Å². The number of aromatic nitrogens is 2. The van der Waals surface area contributed by atoms with Gasteiger partial charge < -0.3 is 14.6 Å². The van der Waals surface area contributed by atoms with Crippen LogP contribution < -0.4 is 10.1 Å². The van der Waals surface area contributed by atoms with E-state index in [2.05, 4.69) is 39.1 Å². The minimum Gasteiger partial charge on any atom is -0.495 e. The SMILES string of the molecule is COc1ccc(Nc2nc(-c3ccc(-n4cccc4)cc3)cs2)cc1Cl. The average Bonchev–Trinajstić information content (AvgIpc) is 3.34. The largest absolute Gasteiger partial charge is 0.495 e. The lowest BCUT2D eigenvalue weighted by Gasteiger charge is -2.06. The van der Waals surface area contributed by atoms with Gasteiger partial charge in [-0.1, -0.05) is 23.7 Å². The molecule has 0 aliphatic heterocycles. The number of benzene rings is 2. The molecule has 0 atom stereocenters. The third kappa shape index (κ3) is 3.45. The van der Waals surface area contributed by atoms with Gasteiger partial charge in [0, 0.05) is 34.7 Å². The molecule has 4 aromatic rings. The van der Waals surface area contributed by atoms with Crippen LogP contribution in [0.2, 0.25) is 5.02 Å². The number of halogens is 1. The van der Waals surface area contributed by atoms with Crippen molar-refractivity contribution in [2.24, 2.45) is 0 Å². The number of thiazole rings is 1. The Balaban J connectivity index is 1.52. The van der Waals surface area contributed by atoms with Crippen molar-refractivity contribution >= 4 is 33.8 Å². The fraction of sp³-hybridized carbons (Fsp3) is 0.0500. The third-order valence-corrected chi connectivity index (χ3v) is 5.03. The summed E-state index contributed by atoms with van der Waals surface area (Å²) in [5, 5.41) is 6.70. The second-order valence-electron chi connectivity index (χ2n) is 5.65. The van der Waals surface area contributed by atoms with Crippen LogP contribution in [0.25, 0.3) is 16.9 Å². The van der Waals surface area contributed by atoms with E-state index in [1.807, 2.05) is 48.1 Å². The third-order valence-electron chi connectivity index (χ3n) is 3.97. The molecule has 0 bridgehead atoms. The standard InChI is InChI=1S/C20H16ClN3OS/c1-25-19-9-6-15(12-17(19)21)22-20-23-18(13-26-20)14-4-7-16(8-5-14)24-10-2-3-11-24/h2-13H,1H3,(H,22,23). The Morgan fingerprint density at radius 2 is 1.85 bits per heavy atom. The number of methoxy groups -OCH3 is 1. The Morgan fingerprint density at radius 3 is 2.54 bits per heavy atom. The molecule has 0 amide bonds. The summed E-state index contributed by atoms with van der Waals surface area (Å²) in [7, 11) is 1.60. The van der Waals surface area contributed by atoms with Crippen LogP contribution in [-0.2, 0) is 0 Å². The van der Waals surface area contributed by atoms with Crippen LogP contribution in [0.4, 0.5) is 10.8 Å². The highest BCUT2D eigenvalue weighted by Crippen LogP contribution is 2.31. The molecule has 4 rings (SSSR count). The maximum atomic E-state index is 6.17. The summed E-state index contributed by atoms with van der Waals surface area (Å²) >= 11 is 7.73. The predicted molar refractivity (Wildman–Crippen MR) is 108 cm³/mol. The van der Waals surface area contributed by atoms with Gasteiger partial charge in [-0.2, -0.15) is 0 Å². The lowest BCUT2D eigenvalue weighted by atomic mass is 10.1. The van der Waals surface area contributed by atoms with Crippen LogP contribution in [0.3, 0.4) is 0 Å². The van der Waals surface area contributed by atoms with Crippen LogP contribution in [0, 0.1) is 0 Å². The van der Waals surface area contributed by atoms with Crippen molar-refractivity contribution in [2.75, 3.05) is 12.4 Å². The number of hydrogen-bond donors (Lipinski definition) is 1. The molecular weight excluding hydrogens is 366 g/mol. The summed E-state index contributed by atoms with van der Waals surface area (Å²) < 4.78 is 7.25. The molecule has 1 N–H and O–H groups in total.